The van der Waals surface area contributed by atoms with E-state index in [0.29, 0.717) is 25.7 Å². The van der Waals surface area contributed by atoms with E-state index in [1.165, 1.54) is 83.5 Å². The maximum atomic E-state index is 12.9. The Hall–Kier alpha value is -3.86. The second-order valence-corrected chi connectivity index (χ2v) is 21.6. The van der Waals surface area contributed by atoms with Crippen LogP contribution in [0.5, 0.6) is 0 Å². The summed E-state index contributed by atoms with van der Waals surface area (Å²) in [6.45, 7) is 4.37. The molecule has 0 aliphatic carbocycles. The van der Waals surface area contributed by atoms with Gasteiger partial charge >= 0.3 is 25.7 Å². The minimum absolute atomic E-state index is 0.0348. The Bertz CT molecular complexity index is 1720. The molecule has 2 N–H and O–H groups in total. The summed E-state index contributed by atoms with van der Waals surface area (Å²) >= 11 is 0. The molecule has 11 nitrogen and oxygen atoms in total. The van der Waals surface area contributed by atoms with Gasteiger partial charge in [-0.3, -0.25) is 23.4 Å². The van der Waals surface area contributed by atoms with Crippen LogP contribution in [0.1, 0.15) is 252 Å². The lowest BCUT2D eigenvalue weighted by atomic mass is 10.1. The molecule has 0 aliphatic rings. The number of hydrogen-bond donors (Lipinski definition) is 2. The molecule has 0 radical (unpaired) electrons. The fourth-order valence-corrected chi connectivity index (χ4v) is 8.79. The summed E-state index contributed by atoms with van der Waals surface area (Å²) in [5.41, 5.74) is 0. The van der Waals surface area contributed by atoms with Crippen molar-refractivity contribution in [3.05, 3.63) is 109 Å². The SMILES string of the molecule is CC/C=C\C/C=C\C/C=C\C/C=C\C/C=C\C/C=C\CCC(=O)OC(COC(=O)CCCCCCC/C=C\C/C=C\CCC)COP(=O)(O)OCC(CO)OC(=O)CCCCCCCCCCC/C=C\CCCCCCCC. The van der Waals surface area contributed by atoms with E-state index in [2.05, 4.69) is 118 Å². The summed E-state index contributed by atoms with van der Waals surface area (Å²) in [6.07, 6.45) is 72.0. The first-order valence-electron chi connectivity index (χ1n) is 30.8. The number of esters is 3. The van der Waals surface area contributed by atoms with Crippen molar-refractivity contribution in [2.75, 3.05) is 26.4 Å². The number of phosphoric ester groups is 1. The van der Waals surface area contributed by atoms with E-state index in [9.17, 15) is 28.9 Å². The number of unbranched alkanes of at least 4 members (excludes halogenated alkanes) is 21. The Morgan fingerprint density at radius 2 is 0.718 bits per heavy atom. The predicted molar refractivity (Wildman–Crippen MR) is 325 cm³/mol. The van der Waals surface area contributed by atoms with E-state index in [4.69, 9.17) is 23.3 Å². The molecule has 0 amide bonds. The van der Waals surface area contributed by atoms with Crippen LogP contribution < -0.4 is 0 Å². The first-order valence-corrected chi connectivity index (χ1v) is 32.3. The van der Waals surface area contributed by atoms with Crippen LogP contribution in [0.2, 0.25) is 0 Å². The van der Waals surface area contributed by atoms with Gasteiger partial charge < -0.3 is 24.2 Å². The third-order valence-corrected chi connectivity index (χ3v) is 13.6. The maximum Gasteiger partial charge on any atom is 0.472 e. The number of carbonyl (C=O) groups is 3. The molecule has 0 rings (SSSR count). The Morgan fingerprint density at radius 3 is 1.17 bits per heavy atom. The minimum atomic E-state index is -4.78. The van der Waals surface area contributed by atoms with Gasteiger partial charge in [-0.2, -0.15) is 0 Å². The Kier molecular flexibility index (Phi) is 56.3. The monoisotopic (exact) mass is 1110 g/mol. The number of carbonyl (C=O) groups excluding carboxylic acids is 3. The van der Waals surface area contributed by atoms with Crippen molar-refractivity contribution in [3.63, 3.8) is 0 Å². The first-order chi connectivity index (χ1) is 38.2. The van der Waals surface area contributed by atoms with Gasteiger partial charge in [-0.1, -0.05) is 233 Å². The van der Waals surface area contributed by atoms with E-state index < -0.39 is 57.8 Å². The van der Waals surface area contributed by atoms with Crippen LogP contribution in [0.3, 0.4) is 0 Å². The molecule has 12 heteroatoms. The van der Waals surface area contributed by atoms with Gasteiger partial charge in [-0.05, 0) is 109 Å². The molecule has 0 fully saturated rings. The highest BCUT2D eigenvalue weighted by molar-refractivity contribution is 7.47. The van der Waals surface area contributed by atoms with Crippen molar-refractivity contribution in [2.24, 2.45) is 0 Å². The maximum absolute atomic E-state index is 12.9. The van der Waals surface area contributed by atoms with Gasteiger partial charge in [0.15, 0.2) is 6.10 Å². The van der Waals surface area contributed by atoms with Crippen molar-refractivity contribution in [1.29, 1.82) is 0 Å². The fourth-order valence-electron chi connectivity index (χ4n) is 8.00. The van der Waals surface area contributed by atoms with Crippen LogP contribution in [0.25, 0.3) is 0 Å². The van der Waals surface area contributed by atoms with E-state index in [1.54, 1.807) is 0 Å². The quantitative estimate of drug-likeness (QED) is 0.0197. The van der Waals surface area contributed by atoms with Gasteiger partial charge in [0.2, 0.25) is 0 Å². The Balaban J connectivity index is 4.77. The molecule has 0 saturated carbocycles. The molecule has 0 aromatic carbocycles. The number of allylic oxidation sites excluding steroid dienone is 18. The molecular weight excluding hydrogens is 1000 g/mol. The number of aliphatic hydroxyl groups excluding tert-OH is 1. The van der Waals surface area contributed by atoms with Crippen LogP contribution in [-0.4, -0.2) is 66.5 Å². The summed E-state index contributed by atoms with van der Waals surface area (Å²) in [5, 5.41) is 9.84. The zero-order valence-electron chi connectivity index (χ0n) is 49.3. The molecule has 3 atom stereocenters. The molecule has 0 aromatic rings. The van der Waals surface area contributed by atoms with Gasteiger partial charge in [0.1, 0.15) is 12.7 Å². The normalized spacial score (nSPS) is 14.1. The average Bonchev–Trinajstić information content (AvgIpc) is 3.43. The Labute approximate surface area is 475 Å². The van der Waals surface area contributed by atoms with Crippen molar-refractivity contribution < 1.29 is 52.2 Å². The summed E-state index contributed by atoms with van der Waals surface area (Å²) in [5.74, 6) is -1.59. The molecule has 0 spiro atoms. The topological polar surface area (TPSA) is 155 Å². The summed E-state index contributed by atoms with van der Waals surface area (Å²) in [6, 6.07) is 0. The predicted octanol–water partition coefficient (Wildman–Crippen LogP) is 18.6. The van der Waals surface area contributed by atoms with E-state index in [1.807, 2.05) is 12.2 Å². The fraction of sp³-hybridized carbons (Fsp3) is 0.682. The summed E-state index contributed by atoms with van der Waals surface area (Å²) < 4.78 is 39.5. The van der Waals surface area contributed by atoms with Gasteiger partial charge in [0.05, 0.1) is 19.8 Å². The molecule has 3 unspecified atom stereocenters. The molecule has 78 heavy (non-hydrogen) atoms. The summed E-state index contributed by atoms with van der Waals surface area (Å²) in [7, 11) is -4.78. The first kappa shape index (κ1) is 74.1. The molecule has 446 valence electrons. The van der Waals surface area contributed by atoms with Gasteiger partial charge in [-0.25, -0.2) is 4.57 Å². The van der Waals surface area contributed by atoms with E-state index >= 15 is 0 Å². The smallest absolute Gasteiger partial charge is 0.462 e. The molecule has 0 heterocycles. The highest BCUT2D eigenvalue weighted by atomic mass is 31.2. The average molecular weight is 1110 g/mol. The second-order valence-electron chi connectivity index (χ2n) is 20.1. The van der Waals surface area contributed by atoms with Crippen molar-refractivity contribution >= 4 is 25.7 Å². The van der Waals surface area contributed by atoms with Gasteiger partial charge in [-0.15, -0.1) is 0 Å². The lowest BCUT2D eigenvalue weighted by Crippen LogP contribution is -2.30. The Morgan fingerprint density at radius 1 is 0.372 bits per heavy atom. The van der Waals surface area contributed by atoms with Crippen LogP contribution in [0, 0.1) is 0 Å². The van der Waals surface area contributed by atoms with Crippen LogP contribution >= 0.6 is 7.82 Å². The number of phosphoric acid groups is 1. The third kappa shape index (κ3) is 56.8. The second kappa shape index (κ2) is 59.3. The number of ether oxygens (including phenoxy) is 3. The number of hydrogen-bond acceptors (Lipinski definition) is 10. The minimum Gasteiger partial charge on any atom is -0.462 e. The zero-order chi connectivity index (χ0) is 56.9. The molecule has 0 aromatic heterocycles. The summed E-state index contributed by atoms with van der Waals surface area (Å²) in [4.78, 5) is 48.6. The highest BCUT2D eigenvalue weighted by Gasteiger charge is 2.28. The number of aliphatic hydroxyl groups is 1. The number of rotatable bonds is 56. The van der Waals surface area contributed by atoms with Crippen molar-refractivity contribution in [1.82, 2.24) is 0 Å². The zero-order valence-corrected chi connectivity index (χ0v) is 50.2. The van der Waals surface area contributed by atoms with Crippen LogP contribution in [-0.2, 0) is 42.2 Å². The van der Waals surface area contributed by atoms with Crippen LogP contribution in [0.15, 0.2) is 109 Å². The van der Waals surface area contributed by atoms with Crippen LogP contribution in [0.4, 0.5) is 0 Å². The highest BCUT2D eigenvalue weighted by Crippen LogP contribution is 2.43. The van der Waals surface area contributed by atoms with E-state index in [-0.39, 0.29) is 25.9 Å². The molecular formula is C66H111O11P. The molecule has 0 aliphatic heterocycles. The molecule has 0 bridgehead atoms. The lowest BCUT2D eigenvalue weighted by Gasteiger charge is -2.21. The van der Waals surface area contributed by atoms with Gasteiger partial charge in [0.25, 0.3) is 0 Å². The molecule has 0 saturated heterocycles. The van der Waals surface area contributed by atoms with Crippen molar-refractivity contribution in [2.45, 2.75) is 264 Å². The van der Waals surface area contributed by atoms with E-state index in [0.717, 1.165) is 103 Å². The third-order valence-electron chi connectivity index (χ3n) is 12.6. The lowest BCUT2D eigenvalue weighted by molar-refractivity contribution is -0.161. The largest absolute Gasteiger partial charge is 0.472 e. The standard InChI is InChI=1S/C66H111O11P/c1-4-7-10-13-16-19-22-25-27-29-31-33-35-38-41-44-47-50-53-56-65(69)76-62(58-67)60-74-78(71,72)75-61-63(59-73-64(68)55-52-49-46-43-40-37-24-21-18-15-12-9-6-3)77-66(70)57-54-51-48-45-42-39-36-34-32-30-28-26-23-20-17-14-11-8-5-2/h8,11-12,15,17,20-21,24-28,32,34,39,42,48,51,62-63,67H,4-7,9-10,13-14,16,18-19,22-23,29-31,33,35-38,40-41,43-47,49-50,52-61H2,1-3H3,(H,71,72)/b11-8-,15-12-,20-17-,24-21-,27-25-,28-26-,34-32-,42-39-,51-48-. The van der Waals surface area contributed by atoms with Crippen molar-refractivity contribution in [3.8, 4) is 0 Å². The van der Waals surface area contributed by atoms with Gasteiger partial charge in [0, 0.05) is 19.3 Å².